The Morgan fingerprint density at radius 3 is 2.72 bits per heavy atom. The summed E-state index contributed by atoms with van der Waals surface area (Å²) in [5.41, 5.74) is 0.871. The zero-order valence-electron chi connectivity index (χ0n) is 17.1. The highest BCUT2D eigenvalue weighted by atomic mass is 32.1. The third-order valence-electron chi connectivity index (χ3n) is 5.49. The van der Waals surface area contributed by atoms with Gasteiger partial charge in [-0.15, -0.1) is 10.2 Å². The summed E-state index contributed by atoms with van der Waals surface area (Å²) < 4.78 is 5.24. The van der Waals surface area contributed by atoms with Crippen LogP contribution in [0.25, 0.3) is 10.6 Å². The number of nitrogens with zero attached hydrogens (tertiary/aromatic N) is 2. The Morgan fingerprint density at radius 2 is 2.03 bits per heavy atom. The fourth-order valence-corrected chi connectivity index (χ4v) is 4.23. The molecule has 2 atom stereocenters. The van der Waals surface area contributed by atoms with Crippen molar-refractivity contribution in [2.45, 2.75) is 52.0 Å². The Balaban J connectivity index is 1.69. The summed E-state index contributed by atoms with van der Waals surface area (Å²) in [5.74, 6) is 0.507. The maximum atomic E-state index is 12.9. The van der Waals surface area contributed by atoms with Crippen LogP contribution in [0.5, 0.6) is 5.75 Å². The van der Waals surface area contributed by atoms with Gasteiger partial charge in [0.05, 0.1) is 7.11 Å². The number of carbonyl (C=O) groups is 2. The van der Waals surface area contributed by atoms with Gasteiger partial charge in [0.2, 0.25) is 16.9 Å². The van der Waals surface area contributed by atoms with Crippen LogP contribution in [0.2, 0.25) is 0 Å². The maximum absolute atomic E-state index is 12.9. The van der Waals surface area contributed by atoms with E-state index < -0.39 is 6.04 Å². The van der Waals surface area contributed by atoms with Crippen LogP contribution in [-0.2, 0) is 9.59 Å². The first-order valence-corrected chi connectivity index (χ1v) is 10.9. The van der Waals surface area contributed by atoms with E-state index in [1.165, 1.54) is 11.3 Å². The lowest BCUT2D eigenvalue weighted by Gasteiger charge is -2.24. The smallest absolute Gasteiger partial charge is 0.249 e. The summed E-state index contributed by atoms with van der Waals surface area (Å²) in [6.45, 7) is 3.99. The van der Waals surface area contributed by atoms with Crippen molar-refractivity contribution >= 4 is 28.3 Å². The Labute approximate surface area is 175 Å². The van der Waals surface area contributed by atoms with Crippen molar-refractivity contribution in [3.63, 3.8) is 0 Å². The highest BCUT2D eigenvalue weighted by molar-refractivity contribution is 7.18. The van der Waals surface area contributed by atoms with Gasteiger partial charge in [-0.25, -0.2) is 0 Å². The second-order valence-electron chi connectivity index (χ2n) is 7.49. The number of hydrogen-bond acceptors (Lipinski definition) is 6. The summed E-state index contributed by atoms with van der Waals surface area (Å²) in [5, 5.41) is 15.2. The molecule has 0 bridgehead atoms. The first kappa shape index (κ1) is 21.2. The SMILES string of the molecule is CCC(C)C(NC(=O)C1CCCC1)C(=O)Nc1nnc(-c2cccc(OC)c2)s1. The third-order valence-corrected chi connectivity index (χ3v) is 6.38. The maximum Gasteiger partial charge on any atom is 0.249 e. The minimum atomic E-state index is -0.586. The van der Waals surface area contributed by atoms with Gasteiger partial charge < -0.3 is 10.1 Å². The molecule has 3 rings (SSSR count). The minimum absolute atomic E-state index is 0.0164. The van der Waals surface area contributed by atoms with Crippen LogP contribution < -0.4 is 15.4 Å². The molecule has 8 heteroatoms. The monoisotopic (exact) mass is 416 g/mol. The predicted molar refractivity (Wildman–Crippen MR) is 114 cm³/mol. The number of rotatable bonds is 8. The largest absolute Gasteiger partial charge is 0.497 e. The second kappa shape index (κ2) is 9.82. The third kappa shape index (κ3) is 5.32. The number of carbonyl (C=O) groups excluding carboxylic acids is 2. The number of hydrogen-bond donors (Lipinski definition) is 2. The van der Waals surface area contributed by atoms with Crippen molar-refractivity contribution in [2.24, 2.45) is 11.8 Å². The molecule has 1 heterocycles. The number of ether oxygens (including phenoxy) is 1. The fraction of sp³-hybridized carbons (Fsp3) is 0.524. The molecular formula is C21H28N4O3S. The van der Waals surface area contributed by atoms with E-state index in [2.05, 4.69) is 20.8 Å². The molecule has 156 valence electrons. The van der Waals surface area contributed by atoms with E-state index >= 15 is 0 Å². The quantitative estimate of drug-likeness (QED) is 0.681. The average molecular weight is 417 g/mol. The molecule has 1 aliphatic carbocycles. The van der Waals surface area contributed by atoms with Crippen LogP contribution in [0.3, 0.4) is 0 Å². The van der Waals surface area contributed by atoms with Gasteiger partial charge in [-0.2, -0.15) is 0 Å². The van der Waals surface area contributed by atoms with Crippen molar-refractivity contribution in [3.05, 3.63) is 24.3 Å². The molecule has 29 heavy (non-hydrogen) atoms. The molecule has 2 amide bonds. The Morgan fingerprint density at radius 1 is 1.28 bits per heavy atom. The van der Waals surface area contributed by atoms with Gasteiger partial charge >= 0.3 is 0 Å². The first-order chi connectivity index (χ1) is 14.0. The van der Waals surface area contributed by atoms with Crippen molar-refractivity contribution < 1.29 is 14.3 Å². The summed E-state index contributed by atoms with van der Waals surface area (Å²) in [7, 11) is 1.61. The molecule has 2 aromatic rings. The molecule has 0 aliphatic heterocycles. The van der Waals surface area contributed by atoms with Crippen LogP contribution in [0.1, 0.15) is 46.0 Å². The fourth-order valence-electron chi connectivity index (χ4n) is 3.49. The van der Waals surface area contributed by atoms with E-state index in [0.717, 1.165) is 43.4 Å². The average Bonchev–Trinajstić information content (AvgIpc) is 3.43. The Hall–Kier alpha value is -2.48. The number of nitrogens with one attached hydrogen (secondary N) is 2. The molecule has 1 saturated carbocycles. The van der Waals surface area contributed by atoms with Gasteiger partial charge in [-0.1, -0.05) is 56.6 Å². The molecule has 2 unspecified atom stereocenters. The molecule has 0 radical (unpaired) electrons. The van der Waals surface area contributed by atoms with Gasteiger partial charge in [-0.05, 0) is 30.9 Å². The minimum Gasteiger partial charge on any atom is -0.497 e. The van der Waals surface area contributed by atoms with Crippen LogP contribution in [0, 0.1) is 11.8 Å². The van der Waals surface area contributed by atoms with E-state index in [1.54, 1.807) is 7.11 Å². The van der Waals surface area contributed by atoms with Crippen LogP contribution >= 0.6 is 11.3 Å². The van der Waals surface area contributed by atoms with E-state index in [1.807, 2.05) is 38.1 Å². The van der Waals surface area contributed by atoms with Crippen LogP contribution in [0.15, 0.2) is 24.3 Å². The number of amides is 2. The van der Waals surface area contributed by atoms with Gasteiger partial charge in [0.15, 0.2) is 0 Å². The van der Waals surface area contributed by atoms with Crippen molar-refractivity contribution in [1.82, 2.24) is 15.5 Å². The molecule has 1 fully saturated rings. The zero-order chi connectivity index (χ0) is 20.8. The van der Waals surface area contributed by atoms with E-state index in [-0.39, 0.29) is 23.7 Å². The van der Waals surface area contributed by atoms with Gasteiger partial charge in [0.1, 0.15) is 16.8 Å². The normalized spacial score (nSPS) is 16.2. The summed E-state index contributed by atoms with van der Waals surface area (Å²) in [6, 6.07) is 6.94. The molecule has 7 nitrogen and oxygen atoms in total. The highest BCUT2D eigenvalue weighted by Gasteiger charge is 2.30. The van der Waals surface area contributed by atoms with Crippen molar-refractivity contribution in [1.29, 1.82) is 0 Å². The molecule has 1 aliphatic rings. The predicted octanol–water partition coefficient (Wildman–Crippen LogP) is 3.87. The van der Waals surface area contributed by atoms with Crippen LogP contribution in [-0.4, -0.2) is 35.2 Å². The van der Waals surface area contributed by atoms with E-state index in [4.69, 9.17) is 4.74 Å². The lowest BCUT2D eigenvalue weighted by Crippen LogP contribution is -2.49. The number of anilines is 1. The number of methoxy groups -OCH3 is 1. The van der Waals surface area contributed by atoms with E-state index in [9.17, 15) is 9.59 Å². The van der Waals surface area contributed by atoms with Gasteiger partial charge in [-0.3, -0.25) is 14.9 Å². The Kier molecular flexibility index (Phi) is 7.19. The molecule has 0 spiro atoms. The molecule has 1 aromatic heterocycles. The van der Waals surface area contributed by atoms with Crippen molar-refractivity contribution in [3.8, 4) is 16.3 Å². The second-order valence-corrected chi connectivity index (χ2v) is 8.46. The van der Waals surface area contributed by atoms with Gasteiger partial charge in [0, 0.05) is 11.5 Å². The Bertz CT molecular complexity index is 848. The lowest BCUT2D eigenvalue weighted by atomic mass is 9.97. The molecule has 1 aromatic carbocycles. The first-order valence-electron chi connectivity index (χ1n) is 10.1. The van der Waals surface area contributed by atoms with E-state index in [0.29, 0.717) is 10.1 Å². The number of benzene rings is 1. The van der Waals surface area contributed by atoms with Crippen LogP contribution in [0.4, 0.5) is 5.13 Å². The topological polar surface area (TPSA) is 93.2 Å². The standard InChI is InChI=1S/C21H28N4O3S/c1-4-13(2)17(22-18(26)14-8-5-6-9-14)19(27)23-21-25-24-20(29-21)15-10-7-11-16(12-15)28-3/h7,10-14,17H,4-6,8-9H2,1-3H3,(H,22,26)(H,23,25,27). The van der Waals surface area contributed by atoms with Crippen molar-refractivity contribution in [2.75, 3.05) is 12.4 Å². The molecule has 2 N–H and O–H groups in total. The summed E-state index contributed by atoms with van der Waals surface area (Å²) >= 11 is 1.29. The zero-order valence-corrected chi connectivity index (χ0v) is 17.9. The molecular weight excluding hydrogens is 388 g/mol. The lowest BCUT2D eigenvalue weighted by molar-refractivity contribution is -0.130. The number of aromatic nitrogens is 2. The van der Waals surface area contributed by atoms with Gasteiger partial charge in [0.25, 0.3) is 0 Å². The highest BCUT2D eigenvalue weighted by Crippen LogP contribution is 2.29. The summed E-state index contributed by atoms with van der Waals surface area (Å²) in [6.07, 6.45) is 4.75. The molecule has 0 saturated heterocycles. The summed E-state index contributed by atoms with van der Waals surface area (Å²) in [4.78, 5) is 25.5.